The number of halogens is 2. The van der Waals surface area contributed by atoms with Gasteiger partial charge in [0.25, 0.3) is 0 Å². The molecule has 7 heteroatoms. The second-order valence-corrected chi connectivity index (χ2v) is 5.70. The second kappa shape index (κ2) is 6.23. The van der Waals surface area contributed by atoms with Crippen molar-refractivity contribution in [3.63, 3.8) is 0 Å². The van der Waals surface area contributed by atoms with Crippen LogP contribution in [-0.4, -0.2) is 22.1 Å². The molecule has 2 heterocycles. The fourth-order valence-corrected chi connectivity index (χ4v) is 2.82. The molecule has 0 atom stereocenters. The van der Waals surface area contributed by atoms with Gasteiger partial charge in [-0.25, -0.2) is 8.78 Å². The Labute approximate surface area is 130 Å². The largest absolute Gasteiger partial charge is 0.491 e. The van der Waals surface area contributed by atoms with Crippen LogP contribution in [0.4, 0.5) is 8.78 Å². The summed E-state index contributed by atoms with van der Waals surface area (Å²) in [6.07, 6.45) is 2.51. The SMILES string of the molecule is COc1c(F)cc(-c2cn(CCc3cccs3)nn2)cc1F. The Balaban J connectivity index is 1.78. The maximum atomic E-state index is 13.7. The van der Waals surface area contributed by atoms with Gasteiger partial charge in [-0.1, -0.05) is 11.3 Å². The molecule has 0 aliphatic rings. The number of hydrogen-bond donors (Lipinski definition) is 0. The molecule has 0 amide bonds. The zero-order valence-corrected chi connectivity index (χ0v) is 12.6. The molecule has 0 N–H and O–H groups in total. The summed E-state index contributed by atoms with van der Waals surface area (Å²) in [5.41, 5.74) is 0.754. The van der Waals surface area contributed by atoms with Gasteiger partial charge in [0.05, 0.1) is 13.3 Å². The van der Waals surface area contributed by atoms with Gasteiger partial charge in [-0.2, -0.15) is 0 Å². The fourth-order valence-electron chi connectivity index (χ4n) is 2.12. The van der Waals surface area contributed by atoms with E-state index in [0.717, 1.165) is 6.42 Å². The minimum atomic E-state index is -0.759. The number of aromatic nitrogens is 3. The molecule has 2 aromatic heterocycles. The van der Waals surface area contributed by atoms with Crippen molar-refractivity contribution in [3.05, 3.63) is 52.4 Å². The summed E-state index contributed by atoms with van der Waals surface area (Å²) < 4.78 is 33.8. The summed E-state index contributed by atoms with van der Waals surface area (Å²) in [7, 11) is 1.22. The summed E-state index contributed by atoms with van der Waals surface area (Å²) in [6.45, 7) is 0.661. The lowest BCUT2D eigenvalue weighted by Gasteiger charge is -2.04. The summed E-state index contributed by atoms with van der Waals surface area (Å²) in [6, 6.07) is 6.43. The van der Waals surface area contributed by atoms with Crippen molar-refractivity contribution in [1.82, 2.24) is 15.0 Å². The number of hydrogen-bond acceptors (Lipinski definition) is 4. The third kappa shape index (κ3) is 2.99. The van der Waals surface area contributed by atoms with Crippen LogP contribution in [-0.2, 0) is 13.0 Å². The molecule has 0 saturated carbocycles. The molecule has 0 radical (unpaired) electrons. The van der Waals surface area contributed by atoms with E-state index in [1.807, 2.05) is 11.4 Å². The summed E-state index contributed by atoms with van der Waals surface area (Å²) in [4.78, 5) is 1.25. The van der Waals surface area contributed by atoms with E-state index in [2.05, 4.69) is 21.1 Å². The van der Waals surface area contributed by atoms with Gasteiger partial charge in [-0.05, 0) is 23.6 Å². The van der Waals surface area contributed by atoms with Gasteiger partial charge in [0.2, 0.25) is 0 Å². The van der Waals surface area contributed by atoms with E-state index in [9.17, 15) is 8.78 Å². The van der Waals surface area contributed by atoms with Crippen LogP contribution in [0, 0.1) is 11.6 Å². The van der Waals surface area contributed by atoms with Gasteiger partial charge in [0.15, 0.2) is 17.4 Å². The molecule has 0 aliphatic carbocycles. The smallest absolute Gasteiger partial charge is 0.190 e. The quantitative estimate of drug-likeness (QED) is 0.722. The van der Waals surface area contributed by atoms with Crippen molar-refractivity contribution >= 4 is 11.3 Å². The van der Waals surface area contributed by atoms with Crippen LogP contribution < -0.4 is 4.74 Å². The minimum absolute atomic E-state index is 0.332. The molecule has 0 saturated heterocycles. The molecule has 22 heavy (non-hydrogen) atoms. The second-order valence-electron chi connectivity index (χ2n) is 4.67. The number of benzene rings is 1. The van der Waals surface area contributed by atoms with E-state index < -0.39 is 17.4 Å². The molecule has 0 fully saturated rings. The highest BCUT2D eigenvalue weighted by Gasteiger charge is 2.14. The number of ether oxygens (including phenoxy) is 1. The van der Waals surface area contributed by atoms with Gasteiger partial charge < -0.3 is 4.74 Å². The molecule has 0 spiro atoms. The fraction of sp³-hybridized carbons (Fsp3) is 0.200. The maximum Gasteiger partial charge on any atom is 0.190 e. The molecule has 3 rings (SSSR count). The van der Waals surface area contributed by atoms with Crippen molar-refractivity contribution in [3.8, 4) is 17.0 Å². The van der Waals surface area contributed by atoms with Gasteiger partial charge in [0.1, 0.15) is 5.69 Å². The van der Waals surface area contributed by atoms with E-state index in [1.54, 1.807) is 22.2 Å². The monoisotopic (exact) mass is 321 g/mol. The molecule has 0 unspecified atom stereocenters. The number of thiophene rings is 1. The average molecular weight is 321 g/mol. The number of aryl methyl sites for hydroxylation is 2. The van der Waals surface area contributed by atoms with Crippen molar-refractivity contribution < 1.29 is 13.5 Å². The molecule has 114 valence electrons. The number of rotatable bonds is 5. The highest BCUT2D eigenvalue weighted by Crippen LogP contribution is 2.27. The van der Waals surface area contributed by atoms with Crippen molar-refractivity contribution in [2.24, 2.45) is 0 Å². The van der Waals surface area contributed by atoms with E-state index in [4.69, 9.17) is 0 Å². The van der Waals surface area contributed by atoms with Crippen molar-refractivity contribution in [2.75, 3.05) is 7.11 Å². The van der Waals surface area contributed by atoms with Crippen LogP contribution in [0.2, 0.25) is 0 Å². The van der Waals surface area contributed by atoms with Crippen LogP contribution in [0.25, 0.3) is 11.3 Å². The molecule has 0 aliphatic heterocycles. The zero-order valence-electron chi connectivity index (χ0n) is 11.8. The topological polar surface area (TPSA) is 39.9 Å². The van der Waals surface area contributed by atoms with Gasteiger partial charge in [0, 0.05) is 23.4 Å². The van der Waals surface area contributed by atoms with Gasteiger partial charge in [-0.15, -0.1) is 16.4 Å². The van der Waals surface area contributed by atoms with Crippen LogP contribution in [0.5, 0.6) is 5.75 Å². The Morgan fingerprint density at radius 1 is 1.27 bits per heavy atom. The standard InChI is InChI=1S/C15H13F2N3OS/c1-21-15-12(16)7-10(8-13(15)17)14-9-20(19-18-14)5-4-11-3-2-6-22-11/h2-3,6-9H,4-5H2,1H3. The Kier molecular flexibility index (Phi) is 4.15. The van der Waals surface area contributed by atoms with E-state index in [1.165, 1.54) is 24.1 Å². The molecule has 0 bridgehead atoms. The average Bonchev–Trinajstić information content (AvgIpc) is 3.16. The third-order valence-corrected chi connectivity index (χ3v) is 4.14. The first kappa shape index (κ1) is 14.6. The molecule has 1 aromatic carbocycles. The van der Waals surface area contributed by atoms with Gasteiger partial charge >= 0.3 is 0 Å². The lowest BCUT2D eigenvalue weighted by Crippen LogP contribution is -2.00. The first-order chi connectivity index (χ1) is 10.7. The maximum absolute atomic E-state index is 13.7. The highest BCUT2D eigenvalue weighted by atomic mass is 32.1. The molecule has 4 nitrogen and oxygen atoms in total. The molecular weight excluding hydrogens is 308 g/mol. The van der Waals surface area contributed by atoms with Crippen LogP contribution >= 0.6 is 11.3 Å². The van der Waals surface area contributed by atoms with Crippen LogP contribution in [0.15, 0.2) is 35.8 Å². The summed E-state index contributed by atoms with van der Waals surface area (Å²) in [5.74, 6) is -1.91. The number of methoxy groups -OCH3 is 1. The molecular formula is C15H13F2N3OS. The van der Waals surface area contributed by atoms with Crippen LogP contribution in [0.1, 0.15) is 4.88 Å². The van der Waals surface area contributed by atoms with Crippen molar-refractivity contribution in [2.45, 2.75) is 13.0 Å². The predicted molar refractivity (Wildman–Crippen MR) is 79.9 cm³/mol. The van der Waals surface area contributed by atoms with Gasteiger partial charge in [-0.3, -0.25) is 4.68 Å². The first-order valence-electron chi connectivity index (χ1n) is 6.63. The molecule has 3 aromatic rings. The minimum Gasteiger partial charge on any atom is -0.491 e. The number of nitrogens with zero attached hydrogens (tertiary/aromatic N) is 3. The normalized spacial score (nSPS) is 10.9. The third-order valence-electron chi connectivity index (χ3n) is 3.20. The Bertz CT molecular complexity index is 748. The lowest BCUT2D eigenvalue weighted by atomic mass is 10.1. The van der Waals surface area contributed by atoms with Crippen LogP contribution in [0.3, 0.4) is 0 Å². The van der Waals surface area contributed by atoms with E-state index >= 15 is 0 Å². The zero-order chi connectivity index (χ0) is 15.5. The van der Waals surface area contributed by atoms with E-state index in [0.29, 0.717) is 17.8 Å². The first-order valence-corrected chi connectivity index (χ1v) is 7.51. The Morgan fingerprint density at radius 2 is 2.05 bits per heavy atom. The predicted octanol–water partition coefficient (Wildman–Crippen LogP) is 3.54. The lowest BCUT2D eigenvalue weighted by molar-refractivity contribution is 0.360. The Morgan fingerprint density at radius 3 is 2.68 bits per heavy atom. The van der Waals surface area contributed by atoms with E-state index in [-0.39, 0.29) is 0 Å². The van der Waals surface area contributed by atoms with Crippen molar-refractivity contribution in [1.29, 1.82) is 0 Å². The summed E-state index contributed by atoms with van der Waals surface area (Å²) in [5, 5.41) is 9.97. The highest BCUT2D eigenvalue weighted by molar-refractivity contribution is 7.09. The summed E-state index contributed by atoms with van der Waals surface area (Å²) >= 11 is 1.68. The Hall–Kier alpha value is -2.28.